The molecule has 0 spiro atoms. The fraction of sp³-hybridized carbons (Fsp3) is 0.935. The third kappa shape index (κ3) is 38.8. The van der Waals surface area contributed by atoms with Crippen molar-refractivity contribution in [3.8, 4) is 0 Å². The van der Waals surface area contributed by atoms with Gasteiger partial charge in [-0.3, -0.25) is 9.35 Å². The molecule has 246 valence electrons. The third-order valence-corrected chi connectivity index (χ3v) is 7.52. The second-order valence-electron chi connectivity index (χ2n) is 11.9. The molecule has 0 rings (SSSR count). The van der Waals surface area contributed by atoms with E-state index >= 15 is 0 Å². The molecule has 9 nitrogen and oxygen atoms in total. The Balaban J connectivity index is 0. The maximum Gasteiger partial charge on any atom is 0.397 e. The van der Waals surface area contributed by atoms with Gasteiger partial charge >= 0.3 is 10.4 Å². The Labute approximate surface area is 252 Å². The van der Waals surface area contributed by atoms with Crippen molar-refractivity contribution >= 4 is 22.3 Å². The summed E-state index contributed by atoms with van der Waals surface area (Å²) in [4.78, 5) is 22.4. The number of likely N-dealkylation sites (N-methyl/N-ethyl adjacent to an activating group) is 1. The Morgan fingerprint density at radius 3 is 1.54 bits per heavy atom. The summed E-state index contributed by atoms with van der Waals surface area (Å²) in [5.41, 5.74) is 0. The number of amides is 1. The van der Waals surface area contributed by atoms with Crippen molar-refractivity contribution in [2.24, 2.45) is 0 Å². The molecule has 0 radical (unpaired) electrons. The van der Waals surface area contributed by atoms with E-state index in [9.17, 15) is 23.1 Å². The topological polar surface area (TPSA) is 133 Å². The molecule has 0 atom stereocenters. The molecule has 0 aromatic carbocycles. The Morgan fingerprint density at radius 2 is 1.12 bits per heavy atom. The monoisotopic (exact) mass is 608 g/mol. The quantitative estimate of drug-likeness (QED) is 0.0635. The molecular formula is C31H64N2O7S. The van der Waals surface area contributed by atoms with Gasteiger partial charge in [-0.15, -0.1) is 0 Å². The highest BCUT2D eigenvalue weighted by Gasteiger charge is 2.14. The van der Waals surface area contributed by atoms with Gasteiger partial charge in [-0.1, -0.05) is 123 Å². The molecule has 0 saturated carbocycles. The third-order valence-electron chi connectivity index (χ3n) is 7.06. The summed E-state index contributed by atoms with van der Waals surface area (Å²) in [5.74, 6) is -0.919. The van der Waals surface area contributed by atoms with Crippen LogP contribution in [-0.4, -0.2) is 69.7 Å². The van der Waals surface area contributed by atoms with Gasteiger partial charge in [-0.2, -0.15) is 8.42 Å². The summed E-state index contributed by atoms with van der Waals surface area (Å²) in [6, 6.07) is 0. The highest BCUT2D eigenvalue weighted by Crippen LogP contribution is 2.11. The van der Waals surface area contributed by atoms with E-state index in [0.29, 0.717) is 30.4 Å². The first kappa shape index (κ1) is 41.9. The van der Waals surface area contributed by atoms with Crippen LogP contribution < -0.4 is 10.4 Å². The van der Waals surface area contributed by atoms with Gasteiger partial charge in [0.25, 0.3) is 0 Å². The van der Waals surface area contributed by atoms with Crippen molar-refractivity contribution in [2.45, 2.75) is 149 Å². The lowest BCUT2D eigenvalue weighted by molar-refractivity contribution is -0.884. The fourth-order valence-electron chi connectivity index (χ4n) is 4.60. The molecule has 0 bridgehead atoms. The summed E-state index contributed by atoms with van der Waals surface area (Å²) >= 11 is 0. The fourth-order valence-corrected chi connectivity index (χ4v) is 4.93. The lowest BCUT2D eigenvalue weighted by Gasteiger charge is -2.30. The zero-order chi connectivity index (χ0) is 31.2. The van der Waals surface area contributed by atoms with E-state index in [0.717, 1.165) is 32.1 Å². The summed E-state index contributed by atoms with van der Waals surface area (Å²) in [6.45, 7) is 5.88. The lowest BCUT2D eigenvalue weighted by Crippen LogP contribution is -2.49. The van der Waals surface area contributed by atoms with E-state index in [1.807, 2.05) is 14.1 Å². The van der Waals surface area contributed by atoms with Crippen LogP contribution in [0.2, 0.25) is 0 Å². The molecule has 0 unspecified atom stereocenters. The number of hydrogen-bond donors (Lipinski definition) is 2. The highest BCUT2D eigenvalue weighted by molar-refractivity contribution is 7.80. The number of carboxylic acid groups (broad SMARTS) is 1. The molecule has 10 heteroatoms. The van der Waals surface area contributed by atoms with E-state index in [4.69, 9.17) is 4.55 Å². The SMILES string of the molecule is CCCCCCCCCCCC(=O)NCCC[N+](C)(C)CC(=O)[O-].CCCCCCCCCCCCOS(=O)(=O)O. The van der Waals surface area contributed by atoms with Gasteiger partial charge in [-0.05, 0) is 12.8 Å². The molecule has 0 aromatic rings. The molecule has 0 fully saturated rings. The number of carboxylic acids is 1. The van der Waals surface area contributed by atoms with Gasteiger partial charge in [0.15, 0.2) is 0 Å². The van der Waals surface area contributed by atoms with Crippen molar-refractivity contribution in [3.63, 3.8) is 0 Å². The minimum Gasteiger partial charge on any atom is -0.544 e. The maximum absolute atomic E-state index is 11.7. The van der Waals surface area contributed by atoms with E-state index in [1.165, 1.54) is 89.9 Å². The molecule has 0 saturated heterocycles. The highest BCUT2D eigenvalue weighted by atomic mass is 32.3. The average molecular weight is 609 g/mol. The van der Waals surface area contributed by atoms with Crippen LogP contribution >= 0.6 is 0 Å². The number of nitrogens with zero attached hydrogens (tertiary/aromatic N) is 1. The minimum atomic E-state index is -4.23. The number of quaternary nitrogens is 1. The number of hydrogen-bond acceptors (Lipinski definition) is 6. The van der Waals surface area contributed by atoms with Crippen molar-refractivity contribution in [3.05, 3.63) is 0 Å². The van der Waals surface area contributed by atoms with Crippen molar-refractivity contribution in [1.29, 1.82) is 0 Å². The summed E-state index contributed by atoms with van der Waals surface area (Å²) in [6.07, 6.45) is 24.5. The predicted molar refractivity (Wildman–Crippen MR) is 166 cm³/mol. The summed E-state index contributed by atoms with van der Waals surface area (Å²) in [7, 11) is -0.512. The summed E-state index contributed by atoms with van der Waals surface area (Å²) in [5, 5.41) is 13.5. The minimum absolute atomic E-state index is 0.00634. The number of nitrogens with one attached hydrogen (secondary N) is 1. The van der Waals surface area contributed by atoms with Crippen LogP contribution in [0.25, 0.3) is 0 Å². The molecule has 0 aliphatic carbocycles. The number of unbranched alkanes of at least 4 members (excludes halogenated alkanes) is 17. The van der Waals surface area contributed by atoms with Crippen molar-refractivity contribution in [2.75, 3.05) is 40.3 Å². The average Bonchev–Trinajstić information content (AvgIpc) is 2.88. The zero-order valence-corrected chi connectivity index (χ0v) is 27.7. The molecule has 0 aliphatic heterocycles. The molecule has 0 aliphatic rings. The van der Waals surface area contributed by atoms with Crippen LogP contribution in [0.1, 0.15) is 149 Å². The van der Waals surface area contributed by atoms with Crippen LogP contribution in [0.4, 0.5) is 0 Å². The smallest absolute Gasteiger partial charge is 0.397 e. The second kappa shape index (κ2) is 28.9. The van der Waals surface area contributed by atoms with E-state index in [-0.39, 0.29) is 19.1 Å². The Bertz CT molecular complexity index is 715. The Kier molecular flexibility index (Phi) is 29.5. The van der Waals surface area contributed by atoms with Crippen LogP contribution in [0.3, 0.4) is 0 Å². The maximum atomic E-state index is 11.7. The van der Waals surface area contributed by atoms with Gasteiger partial charge in [0.05, 0.1) is 33.2 Å². The van der Waals surface area contributed by atoms with Crippen LogP contribution in [0.15, 0.2) is 0 Å². The molecule has 0 heterocycles. The number of rotatable bonds is 28. The molecule has 2 N–H and O–H groups in total. The van der Waals surface area contributed by atoms with E-state index < -0.39 is 16.4 Å². The lowest BCUT2D eigenvalue weighted by atomic mass is 10.1. The molecular weight excluding hydrogens is 544 g/mol. The first-order valence-electron chi connectivity index (χ1n) is 16.3. The normalized spacial score (nSPS) is 11.6. The molecule has 41 heavy (non-hydrogen) atoms. The summed E-state index contributed by atoms with van der Waals surface area (Å²) < 4.78 is 33.4. The number of carbonyl (C=O) groups excluding carboxylic acids is 2. The van der Waals surface area contributed by atoms with Crippen LogP contribution in [0.5, 0.6) is 0 Å². The standard InChI is InChI=1S/C19H38N2O3.C12H26O4S/c1-4-5-6-7-8-9-10-11-12-14-18(22)20-15-13-16-21(2,3)17-19(23)24;1-2-3-4-5-6-7-8-9-10-11-12-16-17(13,14)15/h4-17H2,1-3H3,(H-,20,22,23,24);2-12H2,1H3,(H,13,14,15). The first-order chi connectivity index (χ1) is 19.4. The van der Waals surface area contributed by atoms with E-state index in [2.05, 4.69) is 23.3 Å². The van der Waals surface area contributed by atoms with Crippen molar-refractivity contribution < 1.29 is 36.3 Å². The molecule has 0 aromatic heterocycles. The Morgan fingerprint density at radius 1 is 0.707 bits per heavy atom. The van der Waals surface area contributed by atoms with Crippen molar-refractivity contribution in [1.82, 2.24) is 5.32 Å². The van der Waals surface area contributed by atoms with Gasteiger partial charge in [0.2, 0.25) is 5.91 Å². The van der Waals surface area contributed by atoms with Gasteiger partial charge in [-0.25, -0.2) is 4.18 Å². The van der Waals surface area contributed by atoms with Gasteiger partial charge in [0, 0.05) is 19.4 Å². The second-order valence-corrected chi connectivity index (χ2v) is 13.0. The Hall–Kier alpha value is -1.23. The molecule has 1 amide bonds. The zero-order valence-electron chi connectivity index (χ0n) is 26.9. The van der Waals surface area contributed by atoms with Gasteiger partial charge in [0.1, 0.15) is 6.54 Å². The largest absolute Gasteiger partial charge is 0.544 e. The number of aliphatic carboxylic acids is 1. The van der Waals surface area contributed by atoms with Crippen LogP contribution in [0, 0.1) is 0 Å². The van der Waals surface area contributed by atoms with E-state index in [1.54, 1.807) is 0 Å². The first-order valence-corrected chi connectivity index (χ1v) is 17.7. The number of carbonyl (C=O) groups is 2. The van der Waals surface area contributed by atoms with Gasteiger partial charge < -0.3 is 19.7 Å². The predicted octanol–water partition coefficient (Wildman–Crippen LogP) is 5.97. The van der Waals surface area contributed by atoms with Crippen LogP contribution in [-0.2, 0) is 24.2 Å².